The fraction of sp³-hybridized carbons (Fsp3) is 0.316. The Hall–Kier alpha value is -5.47. The Balaban J connectivity index is 1.22. The number of anilines is 4. The number of primary amides is 1. The Labute approximate surface area is 300 Å². The molecule has 0 saturated carbocycles. The smallest absolute Gasteiger partial charge is 0.326 e. The van der Waals surface area contributed by atoms with Crippen molar-refractivity contribution in [2.24, 2.45) is 5.73 Å². The fourth-order valence-corrected chi connectivity index (χ4v) is 6.10. The van der Waals surface area contributed by atoms with E-state index in [0.717, 1.165) is 28.6 Å². The SMILES string of the molecule is CCOCCNC(=O)c1ccc(Nc2ccc(CN3CCC(N(C(=O)Nc4cc(C(N)=O)c(F)cc4F)c4cccc(F)c4)CC3)c(C)n2)c(C)c1. The summed E-state index contributed by atoms with van der Waals surface area (Å²) >= 11 is 0. The molecule has 0 radical (unpaired) electrons. The van der Waals surface area contributed by atoms with Crippen LogP contribution in [0, 0.1) is 31.3 Å². The van der Waals surface area contributed by atoms with Crippen molar-refractivity contribution in [1.82, 2.24) is 15.2 Å². The molecule has 1 fully saturated rings. The zero-order valence-electron chi connectivity index (χ0n) is 29.3. The van der Waals surface area contributed by atoms with E-state index in [2.05, 4.69) is 20.9 Å². The molecule has 274 valence electrons. The van der Waals surface area contributed by atoms with Gasteiger partial charge in [0.2, 0.25) is 0 Å². The number of aromatic nitrogens is 1. The number of amides is 4. The molecule has 1 aliphatic rings. The maximum atomic E-state index is 14.6. The van der Waals surface area contributed by atoms with E-state index in [0.29, 0.717) is 69.7 Å². The molecule has 0 spiro atoms. The number of likely N-dealkylation sites (tertiary alicyclic amines) is 1. The van der Waals surface area contributed by atoms with E-state index in [9.17, 15) is 27.6 Å². The second kappa shape index (κ2) is 17.2. The molecule has 14 heteroatoms. The van der Waals surface area contributed by atoms with Crippen LogP contribution in [0.2, 0.25) is 0 Å². The first-order valence-electron chi connectivity index (χ1n) is 17.0. The van der Waals surface area contributed by atoms with Gasteiger partial charge in [0.15, 0.2) is 0 Å². The molecule has 4 amide bonds. The third kappa shape index (κ3) is 9.44. The quantitative estimate of drug-likeness (QED) is 0.117. The largest absolute Gasteiger partial charge is 0.380 e. The summed E-state index contributed by atoms with van der Waals surface area (Å²) in [5.41, 5.74) is 8.62. The topological polar surface area (TPSA) is 142 Å². The highest BCUT2D eigenvalue weighted by molar-refractivity contribution is 6.03. The molecular weight excluding hydrogens is 675 g/mol. The zero-order valence-corrected chi connectivity index (χ0v) is 29.3. The van der Waals surface area contributed by atoms with Gasteiger partial charge >= 0.3 is 6.03 Å². The molecule has 5 rings (SSSR count). The third-order valence-corrected chi connectivity index (χ3v) is 8.87. The second-order valence-corrected chi connectivity index (χ2v) is 12.5. The van der Waals surface area contributed by atoms with Crippen LogP contribution in [-0.4, -0.2) is 66.6 Å². The number of urea groups is 1. The lowest BCUT2D eigenvalue weighted by atomic mass is 10.0. The summed E-state index contributed by atoms with van der Waals surface area (Å²) in [5, 5.41) is 8.60. The molecule has 4 aromatic rings. The maximum absolute atomic E-state index is 14.6. The van der Waals surface area contributed by atoms with Gasteiger partial charge in [-0.05, 0) is 93.3 Å². The van der Waals surface area contributed by atoms with E-state index in [-0.39, 0.29) is 17.6 Å². The van der Waals surface area contributed by atoms with Crippen molar-refractivity contribution in [3.63, 3.8) is 0 Å². The van der Waals surface area contributed by atoms with E-state index in [1.165, 1.54) is 23.1 Å². The number of benzene rings is 3. The van der Waals surface area contributed by atoms with Gasteiger partial charge in [-0.1, -0.05) is 12.1 Å². The van der Waals surface area contributed by atoms with Gasteiger partial charge in [0.05, 0.1) is 17.9 Å². The molecule has 0 atom stereocenters. The van der Waals surface area contributed by atoms with Crippen LogP contribution >= 0.6 is 0 Å². The maximum Gasteiger partial charge on any atom is 0.326 e. The Morgan fingerprint density at radius 3 is 2.40 bits per heavy atom. The van der Waals surface area contributed by atoms with Crippen LogP contribution in [0.4, 0.5) is 40.8 Å². The number of carbonyl (C=O) groups is 3. The average Bonchev–Trinajstić information content (AvgIpc) is 3.10. The Kier molecular flexibility index (Phi) is 12.5. The molecule has 11 nitrogen and oxygen atoms in total. The number of nitrogens with zero attached hydrogens (tertiary/aromatic N) is 3. The van der Waals surface area contributed by atoms with Crippen LogP contribution in [0.3, 0.4) is 0 Å². The minimum absolute atomic E-state index is 0.165. The number of halogens is 3. The summed E-state index contributed by atoms with van der Waals surface area (Å²) in [7, 11) is 0. The van der Waals surface area contributed by atoms with Gasteiger partial charge in [-0.2, -0.15) is 0 Å². The molecule has 1 saturated heterocycles. The molecule has 2 heterocycles. The summed E-state index contributed by atoms with van der Waals surface area (Å²) in [6.07, 6.45) is 1.04. The third-order valence-electron chi connectivity index (χ3n) is 8.87. The molecule has 52 heavy (non-hydrogen) atoms. The van der Waals surface area contributed by atoms with Crippen molar-refractivity contribution in [1.29, 1.82) is 0 Å². The van der Waals surface area contributed by atoms with Gasteiger partial charge in [0.25, 0.3) is 11.8 Å². The predicted octanol–water partition coefficient (Wildman–Crippen LogP) is 6.43. The molecule has 1 aromatic heterocycles. The molecular formula is C38H42F3N7O4. The number of rotatable bonds is 13. The average molecular weight is 718 g/mol. The lowest BCUT2D eigenvalue weighted by molar-refractivity contribution is 0.0921. The minimum atomic E-state index is -1.15. The Morgan fingerprint density at radius 2 is 1.73 bits per heavy atom. The van der Waals surface area contributed by atoms with Crippen molar-refractivity contribution < 1.29 is 32.3 Å². The highest BCUT2D eigenvalue weighted by Gasteiger charge is 2.31. The first-order valence-corrected chi connectivity index (χ1v) is 17.0. The number of carbonyl (C=O) groups excluding carboxylic acids is 3. The number of ether oxygens (including phenoxy) is 1. The first kappa shape index (κ1) is 37.8. The number of pyridine rings is 1. The molecule has 0 aliphatic carbocycles. The molecule has 0 unspecified atom stereocenters. The monoisotopic (exact) mass is 717 g/mol. The number of hydrogen-bond acceptors (Lipinski definition) is 7. The van der Waals surface area contributed by atoms with Crippen molar-refractivity contribution in [3.05, 3.63) is 112 Å². The Morgan fingerprint density at radius 1 is 0.962 bits per heavy atom. The Bertz CT molecular complexity index is 1940. The first-order chi connectivity index (χ1) is 24.9. The zero-order chi connectivity index (χ0) is 37.4. The number of hydrogen-bond donors (Lipinski definition) is 4. The van der Waals surface area contributed by atoms with Crippen LogP contribution in [0.25, 0.3) is 0 Å². The lowest BCUT2D eigenvalue weighted by Crippen LogP contribution is -2.49. The summed E-state index contributed by atoms with van der Waals surface area (Å²) in [5.74, 6) is -3.41. The molecule has 0 bridgehead atoms. The summed E-state index contributed by atoms with van der Waals surface area (Å²) < 4.78 is 48.3. The minimum Gasteiger partial charge on any atom is -0.380 e. The van der Waals surface area contributed by atoms with Crippen molar-refractivity contribution in [2.75, 3.05) is 48.4 Å². The van der Waals surface area contributed by atoms with E-state index in [4.69, 9.17) is 15.5 Å². The number of nitrogens with one attached hydrogen (secondary N) is 3. The summed E-state index contributed by atoms with van der Waals surface area (Å²) in [4.78, 5) is 46.1. The lowest BCUT2D eigenvalue weighted by Gasteiger charge is -2.38. The second-order valence-electron chi connectivity index (χ2n) is 12.5. The van der Waals surface area contributed by atoms with Crippen LogP contribution in [0.5, 0.6) is 0 Å². The van der Waals surface area contributed by atoms with Crippen LogP contribution in [0.15, 0.2) is 66.7 Å². The molecule has 5 N–H and O–H groups in total. The van der Waals surface area contributed by atoms with Crippen LogP contribution < -0.4 is 26.6 Å². The van der Waals surface area contributed by atoms with Gasteiger partial charge < -0.3 is 26.4 Å². The van der Waals surface area contributed by atoms with Crippen LogP contribution in [-0.2, 0) is 11.3 Å². The predicted molar refractivity (Wildman–Crippen MR) is 193 cm³/mol. The van der Waals surface area contributed by atoms with E-state index in [1.54, 1.807) is 12.1 Å². The van der Waals surface area contributed by atoms with Gasteiger partial charge in [0, 0.05) is 67.5 Å². The highest BCUT2D eigenvalue weighted by Crippen LogP contribution is 2.29. The standard InChI is InChI=1S/C38H42F3N7O4/c1-4-52-17-14-43-37(50)25-8-10-33(23(2)18-25)45-35-11-9-26(24(3)44-35)22-47-15-12-28(13-16-47)48(29-7-5-6-27(39)19-29)38(51)46-34-20-30(36(42)49)31(40)21-32(34)41/h5-11,18-21,28H,4,12-17,22H2,1-3H3,(H2,42,49)(H,43,50)(H,44,45)(H,46,51). The van der Waals surface area contributed by atoms with E-state index in [1.807, 2.05) is 45.0 Å². The molecule has 3 aromatic carbocycles. The van der Waals surface area contributed by atoms with Crippen molar-refractivity contribution in [3.8, 4) is 0 Å². The van der Waals surface area contributed by atoms with Gasteiger partial charge in [0.1, 0.15) is 23.3 Å². The van der Waals surface area contributed by atoms with Gasteiger partial charge in [-0.3, -0.25) is 19.4 Å². The van der Waals surface area contributed by atoms with Crippen molar-refractivity contribution in [2.45, 2.75) is 46.2 Å². The van der Waals surface area contributed by atoms with Gasteiger partial charge in [-0.25, -0.2) is 22.9 Å². The number of nitrogens with two attached hydrogens (primary N) is 1. The number of aryl methyl sites for hydroxylation is 2. The van der Waals surface area contributed by atoms with Crippen molar-refractivity contribution >= 4 is 40.7 Å². The molecule has 1 aliphatic heterocycles. The summed E-state index contributed by atoms with van der Waals surface area (Å²) in [6.45, 7) is 9.06. The van der Waals surface area contributed by atoms with E-state index >= 15 is 0 Å². The van der Waals surface area contributed by atoms with Crippen LogP contribution in [0.1, 0.15) is 57.3 Å². The highest BCUT2D eigenvalue weighted by atomic mass is 19.1. The van der Waals surface area contributed by atoms with Gasteiger partial charge in [-0.15, -0.1) is 0 Å². The summed E-state index contributed by atoms with van der Waals surface area (Å²) in [6, 6.07) is 15.0. The van der Waals surface area contributed by atoms with E-state index < -0.39 is 40.6 Å². The fourth-order valence-electron chi connectivity index (χ4n) is 6.10. The number of piperidine rings is 1. The normalized spacial score (nSPS) is 13.4.